The summed E-state index contributed by atoms with van der Waals surface area (Å²) in [4.78, 5) is 20.2. The van der Waals surface area contributed by atoms with Crippen molar-refractivity contribution in [3.8, 4) is 10.8 Å². The molecule has 4 rings (SSSR count). The number of carbonyl (C=O) groups is 1. The maximum Gasteiger partial charge on any atom is 0.265 e. The van der Waals surface area contributed by atoms with Crippen LogP contribution in [0.1, 0.15) is 40.4 Å². The first-order chi connectivity index (χ1) is 11.6. The van der Waals surface area contributed by atoms with Crippen LogP contribution >= 0.6 is 36.2 Å². The maximum absolute atomic E-state index is 12.9. The average molecular weight is 418 g/mol. The molecule has 0 radical (unpaired) electrons. The number of halogens is 2. The van der Waals surface area contributed by atoms with Crippen molar-refractivity contribution in [2.24, 2.45) is 5.41 Å². The average Bonchev–Trinajstić information content (AvgIpc) is 3.28. The lowest BCUT2D eigenvalue weighted by Gasteiger charge is -2.38. The lowest BCUT2D eigenvalue weighted by molar-refractivity contribution is 0.0611. The van der Waals surface area contributed by atoms with E-state index in [-0.39, 0.29) is 30.7 Å². The van der Waals surface area contributed by atoms with Crippen molar-refractivity contribution in [3.63, 3.8) is 0 Å². The van der Waals surface area contributed by atoms with E-state index in [1.54, 1.807) is 0 Å². The van der Waals surface area contributed by atoms with Crippen LogP contribution in [0, 0.1) is 19.3 Å². The van der Waals surface area contributed by atoms with Crippen LogP contribution < -0.4 is 5.32 Å². The van der Waals surface area contributed by atoms with E-state index < -0.39 is 0 Å². The van der Waals surface area contributed by atoms with E-state index in [9.17, 15) is 4.79 Å². The third kappa shape index (κ3) is 3.93. The second-order valence-electron chi connectivity index (χ2n) is 7.06. The molecular weight excluding hydrogens is 393 g/mol. The number of likely N-dealkylation sites (tertiary alicyclic amines) is 1. The summed E-state index contributed by atoms with van der Waals surface area (Å²) in [7, 11) is 0. The first kappa shape index (κ1) is 21.2. The molecule has 1 amide bonds. The summed E-state index contributed by atoms with van der Waals surface area (Å²) in [5.74, 6) is 1.73. The van der Waals surface area contributed by atoms with E-state index in [1.165, 1.54) is 17.8 Å². The van der Waals surface area contributed by atoms with E-state index in [4.69, 9.17) is 4.42 Å². The maximum atomic E-state index is 12.9. The van der Waals surface area contributed by atoms with Crippen LogP contribution in [0.25, 0.3) is 10.8 Å². The molecule has 2 aliphatic heterocycles. The number of carbonyl (C=O) groups excluding carboxylic acids is 1. The van der Waals surface area contributed by atoms with Crippen molar-refractivity contribution in [1.29, 1.82) is 0 Å². The van der Waals surface area contributed by atoms with E-state index in [2.05, 4.69) is 10.3 Å². The molecule has 2 saturated heterocycles. The Morgan fingerprint density at radius 3 is 2.54 bits per heavy atom. The normalized spacial score (nSPS) is 18.5. The number of amides is 1. The molecule has 144 valence electrons. The number of hydrogen-bond acceptors (Lipinski definition) is 5. The van der Waals surface area contributed by atoms with Crippen molar-refractivity contribution in [2.45, 2.75) is 33.1 Å². The van der Waals surface area contributed by atoms with Crippen LogP contribution in [0.4, 0.5) is 0 Å². The predicted octanol–water partition coefficient (Wildman–Crippen LogP) is 4.08. The number of nitrogens with zero attached hydrogens (tertiary/aromatic N) is 2. The third-order valence-corrected chi connectivity index (χ3v) is 6.55. The highest BCUT2D eigenvalue weighted by atomic mass is 35.5. The fourth-order valence-corrected chi connectivity index (χ4v) is 4.80. The van der Waals surface area contributed by atoms with Gasteiger partial charge in [0.05, 0.1) is 5.69 Å². The zero-order valence-electron chi connectivity index (χ0n) is 15.0. The number of thiazole rings is 1. The number of furan rings is 1. The fraction of sp³-hybridized carbons (Fsp3) is 0.556. The van der Waals surface area contributed by atoms with Crippen molar-refractivity contribution < 1.29 is 9.21 Å². The Morgan fingerprint density at radius 2 is 1.96 bits per heavy atom. The number of piperidine rings is 1. The molecule has 4 heterocycles. The summed E-state index contributed by atoms with van der Waals surface area (Å²) in [6.07, 6.45) is 3.46. The largest absolute Gasteiger partial charge is 0.459 e. The highest BCUT2D eigenvalue weighted by molar-refractivity contribution is 7.17. The fourth-order valence-electron chi connectivity index (χ4n) is 3.80. The van der Waals surface area contributed by atoms with Crippen LogP contribution in [0.3, 0.4) is 0 Å². The predicted molar refractivity (Wildman–Crippen MR) is 109 cm³/mol. The van der Waals surface area contributed by atoms with E-state index >= 15 is 0 Å². The third-order valence-electron chi connectivity index (χ3n) is 5.39. The Kier molecular flexibility index (Phi) is 6.77. The van der Waals surface area contributed by atoms with Crippen LogP contribution in [0.5, 0.6) is 0 Å². The molecule has 1 N–H and O–H groups in total. The number of aromatic nitrogens is 1. The van der Waals surface area contributed by atoms with Crippen molar-refractivity contribution >= 4 is 42.1 Å². The van der Waals surface area contributed by atoms with Gasteiger partial charge in [-0.25, -0.2) is 4.98 Å². The molecule has 5 nitrogen and oxygen atoms in total. The number of rotatable bonds is 2. The smallest absolute Gasteiger partial charge is 0.265 e. The topological polar surface area (TPSA) is 58.4 Å². The summed E-state index contributed by atoms with van der Waals surface area (Å²) in [6.45, 7) is 7.76. The summed E-state index contributed by atoms with van der Waals surface area (Å²) in [5.41, 5.74) is 1.23. The van der Waals surface area contributed by atoms with Crippen LogP contribution in [0.15, 0.2) is 16.5 Å². The monoisotopic (exact) mass is 417 g/mol. The van der Waals surface area contributed by atoms with Crippen molar-refractivity contribution in [3.05, 3.63) is 28.5 Å². The Bertz CT molecular complexity index is 758. The van der Waals surface area contributed by atoms with Gasteiger partial charge in [-0.05, 0) is 57.2 Å². The molecule has 0 aliphatic carbocycles. The van der Waals surface area contributed by atoms with Gasteiger partial charge in [-0.2, -0.15) is 0 Å². The van der Waals surface area contributed by atoms with Gasteiger partial charge in [-0.3, -0.25) is 4.79 Å². The minimum absolute atomic E-state index is 0. The van der Waals surface area contributed by atoms with Gasteiger partial charge < -0.3 is 14.6 Å². The molecule has 26 heavy (non-hydrogen) atoms. The first-order valence-electron chi connectivity index (χ1n) is 8.61. The highest BCUT2D eigenvalue weighted by Crippen LogP contribution is 2.38. The van der Waals surface area contributed by atoms with Gasteiger partial charge in [0, 0.05) is 19.6 Å². The molecule has 2 aromatic rings. The van der Waals surface area contributed by atoms with Gasteiger partial charge >= 0.3 is 0 Å². The summed E-state index contributed by atoms with van der Waals surface area (Å²) in [6, 6.07) is 3.84. The van der Waals surface area contributed by atoms with E-state index in [1.807, 2.05) is 30.9 Å². The van der Waals surface area contributed by atoms with Gasteiger partial charge in [-0.15, -0.1) is 36.2 Å². The Balaban J connectivity index is 0.00000121. The van der Waals surface area contributed by atoms with Crippen LogP contribution in [-0.2, 0) is 0 Å². The van der Waals surface area contributed by atoms with Crippen molar-refractivity contribution in [2.75, 3.05) is 26.2 Å². The molecule has 2 aromatic heterocycles. The number of nitrogens with one attached hydrogen (secondary N) is 1. The van der Waals surface area contributed by atoms with Gasteiger partial charge in [0.2, 0.25) is 0 Å². The Morgan fingerprint density at radius 1 is 1.23 bits per heavy atom. The van der Waals surface area contributed by atoms with Gasteiger partial charge in [0.25, 0.3) is 5.91 Å². The molecule has 0 saturated carbocycles. The van der Waals surface area contributed by atoms with Gasteiger partial charge in [0.15, 0.2) is 10.8 Å². The molecule has 0 aromatic carbocycles. The zero-order chi connectivity index (χ0) is 16.7. The summed E-state index contributed by atoms with van der Waals surface area (Å²) in [5, 5.41) is 4.26. The molecular formula is C18H25Cl2N3O2S. The molecule has 0 atom stereocenters. The minimum Gasteiger partial charge on any atom is -0.459 e. The zero-order valence-corrected chi connectivity index (χ0v) is 17.5. The first-order valence-corrected chi connectivity index (χ1v) is 9.42. The highest BCUT2D eigenvalue weighted by Gasteiger charge is 2.38. The molecule has 8 heteroatoms. The second-order valence-corrected chi connectivity index (χ2v) is 8.06. The minimum atomic E-state index is 0. The molecule has 2 aliphatic rings. The molecule has 0 unspecified atom stereocenters. The quantitative estimate of drug-likeness (QED) is 0.799. The molecule has 2 fully saturated rings. The van der Waals surface area contributed by atoms with Crippen LogP contribution in [0.2, 0.25) is 0 Å². The SMILES string of the molecule is Cc1ccc(-c2nc(C)c(C(=O)N3CCC4(CCNC4)CC3)s2)o1.Cl.Cl. The van der Waals surface area contributed by atoms with E-state index in [0.29, 0.717) is 5.41 Å². The standard InChI is InChI=1S/C18H23N3O2S.2ClH/c1-12-3-4-14(23-12)16-20-13(2)15(24-16)17(22)21-9-6-18(7-10-21)5-8-19-11-18;;/h3-4,19H,5-11H2,1-2H3;2*1H. The molecule has 0 bridgehead atoms. The molecule has 1 spiro atoms. The van der Waals surface area contributed by atoms with Crippen molar-refractivity contribution in [1.82, 2.24) is 15.2 Å². The Labute approximate surface area is 170 Å². The number of hydrogen-bond donors (Lipinski definition) is 1. The van der Waals surface area contributed by atoms with E-state index in [0.717, 1.165) is 66.1 Å². The van der Waals surface area contributed by atoms with Gasteiger partial charge in [0.1, 0.15) is 10.6 Å². The van der Waals surface area contributed by atoms with Gasteiger partial charge in [-0.1, -0.05) is 0 Å². The number of aryl methyl sites for hydroxylation is 2. The van der Waals surface area contributed by atoms with Crippen LogP contribution in [-0.4, -0.2) is 42.0 Å². The summed E-state index contributed by atoms with van der Waals surface area (Å²) < 4.78 is 5.64. The lowest BCUT2D eigenvalue weighted by Crippen LogP contribution is -2.44. The Hall–Kier alpha value is -1.08. The summed E-state index contributed by atoms with van der Waals surface area (Å²) >= 11 is 1.44. The lowest BCUT2D eigenvalue weighted by atomic mass is 9.78. The second kappa shape index (κ2) is 8.30.